The molecule has 14 heteroatoms. The molecule has 0 saturated carbocycles. The van der Waals surface area contributed by atoms with Gasteiger partial charge in [-0.05, 0) is 71.8 Å². The number of benzene rings is 8. The van der Waals surface area contributed by atoms with Gasteiger partial charge in [0.2, 0.25) is 0 Å². The highest BCUT2D eigenvalue weighted by atomic mass is 19.4. The van der Waals surface area contributed by atoms with Crippen molar-refractivity contribution in [3.63, 3.8) is 0 Å². The quantitative estimate of drug-likeness (QED) is 0.142. The van der Waals surface area contributed by atoms with Gasteiger partial charge in [0, 0.05) is 44.2 Å². The second kappa shape index (κ2) is 18.0. The fourth-order valence-electron chi connectivity index (χ4n) is 9.06. The normalized spacial score (nSPS) is 12.2. The summed E-state index contributed by atoms with van der Waals surface area (Å²) in [5.74, 6) is 0.431. The summed E-state index contributed by atoms with van der Waals surface area (Å²) in [4.78, 5) is 19.9. The molecule has 0 radical (unpaired) electrons. The van der Waals surface area contributed by atoms with Crippen molar-refractivity contribution in [3.05, 3.63) is 223 Å². The molecule has 0 saturated heterocycles. The van der Waals surface area contributed by atoms with Gasteiger partial charge in [-0.1, -0.05) is 146 Å². The molecule has 5 nitrogen and oxygen atoms in total. The van der Waals surface area contributed by atoms with Crippen LogP contribution < -0.4 is 0 Å². The third-order valence-corrected chi connectivity index (χ3v) is 12.5. The van der Waals surface area contributed by atoms with Gasteiger partial charge in [-0.25, -0.2) is 19.9 Å². The Morgan fingerprint density at radius 2 is 0.671 bits per heavy atom. The third kappa shape index (κ3) is 9.07. The Morgan fingerprint density at radius 3 is 1.12 bits per heavy atom. The Hall–Kier alpha value is -8.91. The molecule has 11 rings (SSSR count). The van der Waals surface area contributed by atoms with E-state index in [0.29, 0.717) is 67.6 Å². The molecular formula is C59H34F9N5. The number of nitrogens with zero attached hydrogens (tertiary/aromatic N) is 5. The summed E-state index contributed by atoms with van der Waals surface area (Å²) < 4.78 is 134. The molecule has 8 aromatic carbocycles. The van der Waals surface area contributed by atoms with Gasteiger partial charge in [0.25, 0.3) is 0 Å². The van der Waals surface area contributed by atoms with Crippen molar-refractivity contribution in [2.45, 2.75) is 18.5 Å². The van der Waals surface area contributed by atoms with Crippen LogP contribution in [0.25, 0.3) is 106 Å². The molecule has 0 aliphatic rings. The summed E-state index contributed by atoms with van der Waals surface area (Å²) in [7, 11) is 0. The summed E-state index contributed by atoms with van der Waals surface area (Å²) in [6.07, 6.45) is -15.1. The summed E-state index contributed by atoms with van der Waals surface area (Å²) >= 11 is 0. The molecule has 3 heterocycles. The smallest absolute Gasteiger partial charge is 0.308 e. The van der Waals surface area contributed by atoms with E-state index in [-0.39, 0.29) is 57.0 Å². The number of fused-ring (bicyclic) bond motifs is 3. The van der Waals surface area contributed by atoms with Crippen LogP contribution in [0.4, 0.5) is 39.5 Å². The van der Waals surface area contributed by atoms with Gasteiger partial charge in [0.15, 0.2) is 11.6 Å². The van der Waals surface area contributed by atoms with Crippen LogP contribution in [-0.2, 0) is 18.5 Å². The van der Waals surface area contributed by atoms with Crippen LogP contribution in [0, 0.1) is 0 Å². The molecule has 0 amide bonds. The van der Waals surface area contributed by atoms with Crippen LogP contribution in [0.2, 0.25) is 0 Å². The number of alkyl halides is 9. The highest BCUT2D eigenvalue weighted by molar-refractivity contribution is 6.12. The van der Waals surface area contributed by atoms with Crippen molar-refractivity contribution in [1.82, 2.24) is 24.5 Å². The molecule has 73 heavy (non-hydrogen) atoms. The first-order chi connectivity index (χ1) is 35.1. The zero-order valence-electron chi connectivity index (χ0n) is 37.8. The highest BCUT2D eigenvalue weighted by Gasteiger charge is 2.38. The van der Waals surface area contributed by atoms with Gasteiger partial charge in [-0.15, -0.1) is 0 Å². The van der Waals surface area contributed by atoms with Gasteiger partial charge in [-0.2, -0.15) is 39.5 Å². The lowest BCUT2D eigenvalue weighted by Crippen LogP contribution is -2.11. The molecule has 0 unspecified atom stereocenters. The molecule has 0 aliphatic carbocycles. The first-order valence-corrected chi connectivity index (χ1v) is 22.7. The summed E-state index contributed by atoms with van der Waals surface area (Å²) in [5, 5.41) is 0.876. The van der Waals surface area contributed by atoms with E-state index in [0.717, 1.165) is 12.1 Å². The van der Waals surface area contributed by atoms with Crippen LogP contribution >= 0.6 is 0 Å². The van der Waals surface area contributed by atoms with E-state index in [2.05, 4.69) is 0 Å². The fraction of sp³-hybridized carbons (Fsp3) is 0.0508. The van der Waals surface area contributed by atoms with Crippen LogP contribution in [0.5, 0.6) is 0 Å². The fourth-order valence-corrected chi connectivity index (χ4v) is 9.06. The van der Waals surface area contributed by atoms with Crippen molar-refractivity contribution in [1.29, 1.82) is 0 Å². The van der Waals surface area contributed by atoms with Crippen molar-refractivity contribution in [2.24, 2.45) is 0 Å². The zero-order chi connectivity index (χ0) is 50.6. The molecule has 358 valence electrons. The maximum atomic E-state index is 15.7. The lowest BCUT2D eigenvalue weighted by atomic mass is 9.95. The Morgan fingerprint density at radius 1 is 0.288 bits per heavy atom. The van der Waals surface area contributed by atoms with Gasteiger partial charge < -0.3 is 4.57 Å². The van der Waals surface area contributed by atoms with Gasteiger partial charge in [0.05, 0.1) is 56.2 Å². The number of hydrogen-bond donors (Lipinski definition) is 0. The minimum absolute atomic E-state index is 0.00199. The Labute approximate surface area is 410 Å². The minimum Gasteiger partial charge on any atom is -0.308 e. The molecule has 0 bridgehead atoms. The third-order valence-electron chi connectivity index (χ3n) is 12.5. The second-order valence-corrected chi connectivity index (χ2v) is 17.2. The van der Waals surface area contributed by atoms with Crippen molar-refractivity contribution in [3.8, 4) is 84.6 Å². The standard InChI is InChI=1S/C59H34F9N5/c60-57(61,62)41-27-40(28-42(30-41)58(63,64)65)39-25-26-53-45(29-39)44-23-13-14-24-52(44)73(53)54-46(50-33-48(35-15-5-1-6-16-35)69-55(71-50)37-19-9-3-10-20-37)31-43(59(66,67)68)32-47(54)51-34-49(36-17-7-2-8-18-36)70-56(72-51)38-21-11-4-12-22-38/h1-34H. The second-order valence-electron chi connectivity index (χ2n) is 17.2. The van der Waals surface area contributed by atoms with Crippen LogP contribution in [0.15, 0.2) is 206 Å². The van der Waals surface area contributed by atoms with Crippen molar-refractivity contribution >= 4 is 21.8 Å². The molecule has 0 atom stereocenters. The maximum absolute atomic E-state index is 15.7. The SMILES string of the molecule is FC(F)(F)c1cc(-c2ccc3c(c2)c2ccccc2n3-c2c(-c3cc(-c4ccccc4)nc(-c4ccccc4)n3)cc(C(F)(F)F)cc2-c2cc(-c3ccccc3)nc(-c3ccccc3)n2)cc(C(F)(F)F)c1. The Kier molecular flexibility index (Phi) is 11.5. The Balaban J connectivity index is 1.28. The minimum atomic E-state index is -5.10. The van der Waals surface area contributed by atoms with Crippen molar-refractivity contribution < 1.29 is 39.5 Å². The number of halogens is 9. The molecule has 0 N–H and O–H groups in total. The van der Waals surface area contributed by atoms with E-state index in [1.807, 2.05) is 72.8 Å². The molecule has 0 fully saturated rings. The number of para-hydroxylation sites is 1. The van der Waals surface area contributed by atoms with Gasteiger partial charge in [0.1, 0.15) is 0 Å². The summed E-state index contributed by atoms with van der Waals surface area (Å²) in [6.45, 7) is 0. The van der Waals surface area contributed by atoms with E-state index in [1.54, 1.807) is 95.6 Å². The lowest BCUT2D eigenvalue weighted by molar-refractivity contribution is -0.143. The molecule has 0 spiro atoms. The van der Waals surface area contributed by atoms with Crippen LogP contribution in [0.1, 0.15) is 16.7 Å². The zero-order valence-corrected chi connectivity index (χ0v) is 37.8. The van der Waals surface area contributed by atoms with Crippen LogP contribution in [0.3, 0.4) is 0 Å². The van der Waals surface area contributed by atoms with E-state index < -0.39 is 35.2 Å². The van der Waals surface area contributed by atoms with E-state index >= 15 is 13.2 Å². The highest BCUT2D eigenvalue weighted by Crippen LogP contribution is 2.47. The average molecular weight is 984 g/mol. The molecular weight excluding hydrogens is 950 g/mol. The van der Waals surface area contributed by atoms with Gasteiger partial charge in [-0.3, -0.25) is 0 Å². The van der Waals surface area contributed by atoms with E-state index in [9.17, 15) is 26.3 Å². The predicted octanol–water partition coefficient (Wildman–Crippen LogP) is 17.1. The molecule has 11 aromatic rings. The molecule has 3 aromatic heterocycles. The number of aromatic nitrogens is 5. The number of rotatable bonds is 8. The number of hydrogen-bond acceptors (Lipinski definition) is 4. The van der Waals surface area contributed by atoms with Crippen LogP contribution in [-0.4, -0.2) is 24.5 Å². The summed E-state index contributed by atoms with van der Waals surface area (Å²) in [6, 6.07) is 54.2. The maximum Gasteiger partial charge on any atom is 0.416 e. The first kappa shape index (κ1) is 46.5. The Bertz CT molecular complexity index is 3560. The van der Waals surface area contributed by atoms with Gasteiger partial charge >= 0.3 is 18.5 Å². The largest absolute Gasteiger partial charge is 0.416 e. The molecule has 0 aliphatic heterocycles. The van der Waals surface area contributed by atoms with E-state index in [4.69, 9.17) is 19.9 Å². The van der Waals surface area contributed by atoms with E-state index in [1.165, 1.54) is 12.1 Å². The summed E-state index contributed by atoms with van der Waals surface area (Å²) in [5.41, 5.74) is 0.150. The average Bonchev–Trinajstić information content (AvgIpc) is 3.73. The van der Waals surface area contributed by atoms with Crippen molar-refractivity contribution in [2.75, 3.05) is 0 Å². The lowest BCUT2D eigenvalue weighted by Gasteiger charge is -2.22. The predicted molar refractivity (Wildman–Crippen MR) is 265 cm³/mol. The topological polar surface area (TPSA) is 56.5 Å². The first-order valence-electron chi connectivity index (χ1n) is 22.7. The monoisotopic (exact) mass is 983 g/mol.